The molecule has 0 heterocycles. The van der Waals surface area contributed by atoms with E-state index in [1.807, 2.05) is 0 Å². The zero-order valence-corrected chi connectivity index (χ0v) is 18.6. The van der Waals surface area contributed by atoms with Gasteiger partial charge >= 0.3 is 0 Å². The molecule has 0 aromatic heterocycles. The van der Waals surface area contributed by atoms with E-state index in [1.165, 1.54) is 24.3 Å². The molecule has 0 aliphatic rings. The summed E-state index contributed by atoms with van der Waals surface area (Å²) in [6.07, 6.45) is 0. The van der Waals surface area contributed by atoms with Gasteiger partial charge in [0, 0.05) is 16.3 Å². The molecule has 0 amide bonds. The monoisotopic (exact) mass is 524 g/mol. The summed E-state index contributed by atoms with van der Waals surface area (Å²) in [7, 11) is -22.2. The number of rotatable bonds is 5. The van der Waals surface area contributed by atoms with E-state index < -0.39 is 70.8 Å². The van der Waals surface area contributed by atoms with Crippen LogP contribution >= 0.6 is 0 Å². The average Bonchev–Trinajstić information content (AvgIpc) is 2.63. The Bertz CT molecular complexity index is 1690. The molecule has 0 bridgehead atoms. The molecule has 4 N–H and O–H groups in total. The van der Waals surface area contributed by atoms with Gasteiger partial charge < -0.3 is 0 Å². The van der Waals surface area contributed by atoms with Crippen molar-refractivity contribution in [3.8, 4) is 11.1 Å². The minimum atomic E-state index is -5.72. The molecule has 3 rings (SSSR count). The zero-order chi connectivity index (χ0) is 24.3. The standard InChI is InChI=1S/C16H12O12S4/c17-29(18,19)13-8-12-11(15(31(23,24)25)16(13)32(26,27)28)7-6-10(14(12)30(20,21)22)9-4-2-1-3-5-9/h1-8H,(H,17,18,19)(H,20,21,22)(H,23,24,25)(H,26,27,28). The fraction of sp³-hybridized carbons (Fsp3) is 0. The number of fused-ring (bicyclic) bond motifs is 1. The molecule has 3 aromatic carbocycles. The molecule has 0 fully saturated rings. The first-order valence-electron chi connectivity index (χ1n) is 8.03. The molecule has 32 heavy (non-hydrogen) atoms. The molecule has 0 unspecified atom stereocenters. The van der Waals surface area contributed by atoms with E-state index in [9.17, 15) is 51.9 Å². The second-order valence-electron chi connectivity index (χ2n) is 6.34. The summed E-state index contributed by atoms with van der Waals surface area (Å²) in [4.78, 5) is -6.40. The lowest BCUT2D eigenvalue weighted by atomic mass is 10.0. The van der Waals surface area contributed by atoms with E-state index in [0.717, 1.165) is 12.1 Å². The van der Waals surface area contributed by atoms with Crippen LogP contribution in [0.2, 0.25) is 0 Å². The maximum absolute atomic E-state index is 12.2. The fourth-order valence-electron chi connectivity index (χ4n) is 3.19. The van der Waals surface area contributed by atoms with Crippen LogP contribution < -0.4 is 0 Å². The lowest BCUT2D eigenvalue weighted by Gasteiger charge is -2.16. The van der Waals surface area contributed by atoms with Crippen molar-refractivity contribution in [2.24, 2.45) is 0 Å². The van der Waals surface area contributed by atoms with Crippen molar-refractivity contribution in [1.82, 2.24) is 0 Å². The number of hydrogen-bond donors (Lipinski definition) is 4. The Morgan fingerprint density at radius 3 is 1.44 bits per heavy atom. The van der Waals surface area contributed by atoms with E-state index in [1.54, 1.807) is 6.07 Å². The number of hydrogen-bond acceptors (Lipinski definition) is 8. The average molecular weight is 525 g/mol. The highest BCUT2D eigenvalue weighted by Gasteiger charge is 2.36. The summed E-state index contributed by atoms with van der Waals surface area (Å²) in [5.41, 5.74) is -0.0783. The van der Waals surface area contributed by atoms with E-state index in [4.69, 9.17) is 0 Å². The predicted molar refractivity (Wildman–Crippen MR) is 109 cm³/mol. The van der Waals surface area contributed by atoms with E-state index in [-0.39, 0.29) is 17.2 Å². The van der Waals surface area contributed by atoms with Crippen LogP contribution in [0.1, 0.15) is 0 Å². The van der Waals surface area contributed by atoms with Crippen LogP contribution in [0.3, 0.4) is 0 Å². The highest BCUT2D eigenvalue weighted by atomic mass is 32.2. The highest BCUT2D eigenvalue weighted by Crippen LogP contribution is 2.41. The van der Waals surface area contributed by atoms with Gasteiger partial charge in [0.05, 0.1) is 0 Å². The third-order valence-corrected chi connectivity index (χ3v) is 8.25. The summed E-state index contributed by atoms with van der Waals surface area (Å²) in [6.45, 7) is 0. The van der Waals surface area contributed by atoms with E-state index >= 15 is 0 Å². The van der Waals surface area contributed by atoms with Crippen molar-refractivity contribution in [3.63, 3.8) is 0 Å². The second kappa shape index (κ2) is 7.56. The fourth-order valence-corrected chi connectivity index (χ4v) is 7.49. The van der Waals surface area contributed by atoms with E-state index in [2.05, 4.69) is 0 Å². The largest absolute Gasteiger partial charge is 0.297 e. The molecule has 172 valence electrons. The molecule has 0 saturated carbocycles. The Kier molecular flexibility index (Phi) is 5.72. The van der Waals surface area contributed by atoms with Gasteiger partial charge in [-0.05, 0) is 11.6 Å². The van der Waals surface area contributed by atoms with Crippen LogP contribution in [0.15, 0.2) is 68.1 Å². The summed E-state index contributed by atoms with van der Waals surface area (Å²) in [5, 5.41) is -1.75. The minimum absolute atomic E-state index is 0.169. The molecule has 0 aliphatic carbocycles. The summed E-state index contributed by atoms with van der Waals surface area (Å²) < 4.78 is 134. The van der Waals surface area contributed by atoms with Gasteiger partial charge in [0.2, 0.25) is 0 Å². The Hall–Kier alpha value is -2.44. The van der Waals surface area contributed by atoms with Crippen molar-refractivity contribution in [3.05, 3.63) is 48.5 Å². The third kappa shape index (κ3) is 4.39. The molecule has 0 radical (unpaired) electrons. The molecule has 0 atom stereocenters. The van der Waals surface area contributed by atoms with Gasteiger partial charge in [0.15, 0.2) is 0 Å². The molecule has 16 heteroatoms. The quantitative estimate of drug-likeness (QED) is 0.349. The van der Waals surface area contributed by atoms with Crippen molar-refractivity contribution < 1.29 is 51.9 Å². The first-order valence-corrected chi connectivity index (χ1v) is 13.8. The molecule has 3 aromatic rings. The highest BCUT2D eigenvalue weighted by molar-refractivity contribution is 7.90. The summed E-state index contributed by atoms with van der Waals surface area (Å²) >= 11 is 0. The van der Waals surface area contributed by atoms with Gasteiger partial charge in [-0.2, -0.15) is 33.7 Å². The minimum Gasteiger partial charge on any atom is -0.282 e. The molecular weight excluding hydrogens is 512 g/mol. The lowest BCUT2D eigenvalue weighted by molar-refractivity contribution is 0.457. The lowest BCUT2D eigenvalue weighted by Crippen LogP contribution is -2.16. The Balaban J connectivity index is 2.80. The van der Waals surface area contributed by atoms with Crippen LogP contribution in [0.25, 0.3) is 21.9 Å². The smallest absolute Gasteiger partial charge is 0.282 e. The molecule has 12 nitrogen and oxygen atoms in total. The van der Waals surface area contributed by atoms with Gasteiger partial charge in [-0.3, -0.25) is 18.2 Å². The van der Waals surface area contributed by atoms with Crippen LogP contribution in [0.4, 0.5) is 0 Å². The third-order valence-electron chi connectivity index (χ3n) is 4.28. The summed E-state index contributed by atoms with van der Waals surface area (Å²) in [5.74, 6) is 0. The van der Waals surface area contributed by atoms with Crippen molar-refractivity contribution in [2.75, 3.05) is 0 Å². The maximum Gasteiger partial charge on any atom is 0.297 e. The zero-order valence-electron chi connectivity index (χ0n) is 15.3. The van der Waals surface area contributed by atoms with Crippen LogP contribution in [-0.4, -0.2) is 51.9 Å². The molecule has 0 saturated heterocycles. The normalized spacial score (nSPS) is 13.4. The van der Waals surface area contributed by atoms with Gasteiger partial charge in [0.1, 0.15) is 19.6 Å². The van der Waals surface area contributed by atoms with Gasteiger partial charge in [-0.25, -0.2) is 0 Å². The van der Waals surface area contributed by atoms with Gasteiger partial charge in [0.25, 0.3) is 40.5 Å². The Labute approximate surface area is 182 Å². The molecule has 0 aliphatic heterocycles. The van der Waals surface area contributed by atoms with Crippen LogP contribution in [0.5, 0.6) is 0 Å². The molecular formula is C16H12O12S4. The maximum atomic E-state index is 12.2. The van der Waals surface area contributed by atoms with Gasteiger partial charge in [-0.15, -0.1) is 0 Å². The Morgan fingerprint density at radius 2 is 1.00 bits per heavy atom. The first kappa shape index (κ1) is 24.2. The van der Waals surface area contributed by atoms with Crippen molar-refractivity contribution in [1.29, 1.82) is 0 Å². The van der Waals surface area contributed by atoms with E-state index in [0.29, 0.717) is 0 Å². The topological polar surface area (TPSA) is 217 Å². The van der Waals surface area contributed by atoms with Crippen molar-refractivity contribution >= 4 is 51.2 Å². The Morgan fingerprint density at radius 1 is 0.500 bits per heavy atom. The second-order valence-corrected chi connectivity index (χ2v) is 11.8. The van der Waals surface area contributed by atoms with Gasteiger partial charge in [-0.1, -0.05) is 42.5 Å². The predicted octanol–water partition coefficient (Wildman–Crippen LogP) is 1.49. The summed E-state index contributed by atoms with van der Waals surface area (Å²) in [6, 6.07) is 9.39. The van der Waals surface area contributed by atoms with Crippen LogP contribution in [0, 0.1) is 0 Å². The first-order chi connectivity index (χ1) is 14.4. The SMILES string of the molecule is O=S(=O)(O)c1cc2c(S(=O)(=O)O)c(-c3ccccc3)ccc2c(S(=O)(=O)O)c1S(=O)(=O)O. The molecule has 0 spiro atoms. The van der Waals surface area contributed by atoms with Crippen LogP contribution in [-0.2, 0) is 40.5 Å². The number of benzene rings is 3. The van der Waals surface area contributed by atoms with Crippen molar-refractivity contribution in [2.45, 2.75) is 19.6 Å².